The Balaban J connectivity index is 0.000000587. The highest BCUT2D eigenvalue weighted by Crippen LogP contribution is 2.34. The summed E-state index contributed by atoms with van der Waals surface area (Å²) in [5.41, 5.74) is 11.8. The van der Waals surface area contributed by atoms with E-state index in [1.807, 2.05) is 58.4 Å². The highest BCUT2D eigenvalue weighted by atomic mass is 16.2. The lowest BCUT2D eigenvalue weighted by atomic mass is 9.77. The Bertz CT molecular complexity index is 1570. The van der Waals surface area contributed by atoms with Gasteiger partial charge in [-0.25, -0.2) is 4.98 Å². The normalized spacial score (nSPS) is 14.8. The topological polar surface area (TPSA) is 145 Å². The van der Waals surface area contributed by atoms with Crippen LogP contribution in [0.4, 0.5) is 11.5 Å². The van der Waals surface area contributed by atoms with Crippen molar-refractivity contribution in [3.63, 3.8) is 0 Å². The SMILES string of the molecule is C=CCCC(C)(CCC)CCC(N)=O.CNCc1c(NC(C)C)cc(-c2ccc(N3CCN(C)C3)nc2)cc1C(=O)NC/C(C=O)=C(C)/C=C(/C)NC. The number of nitrogens with two attached hydrogens (primary N) is 1. The van der Waals surface area contributed by atoms with Gasteiger partial charge < -0.3 is 31.9 Å². The van der Waals surface area contributed by atoms with Gasteiger partial charge in [-0.1, -0.05) is 26.3 Å². The van der Waals surface area contributed by atoms with Crippen molar-refractivity contribution in [3.05, 3.63) is 77.2 Å². The van der Waals surface area contributed by atoms with Crippen LogP contribution < -0.4 is 31.9 Å². The third kappa shape index (κ3) is 14.8. The first-order valence-corrected chi connectivity index (χ1v) is 18.9. The van der Waals surface area contributed by atoms with Gasteiger partial charge in [0.15, 0.2) is 0 Å². The molecule has 292 valence electrons. The number of likely N-dealkylation sites (N-methyl/N-ethyl adjacent to an activating group) is 1. The molecule has 2 aromatic rings. The molecule has 1 fully saturated rings. The number of aromatic nitrogens is 1. The van der Waals surface area contributed by atoms with Gasteiger partial charge in [0.25, 0.3) is 5.91 Å². The van der Waals surface area contributed by atoms with Crippen molar-refractivity contribution in [2.24, 2.45) is 11.1 Å². The average molecular weight is 731 g/mol. The number of anilines is 2. The van der Waals surface area contributed by atoms with E-state index in [4.69, 9.17) is 10.7 Å². The number of hydrogen-bond donors (Lipinski definition) is 5. The van der Waals surface area contributed by atoms with Crippen molar-refractivity contribution >= 4 is 29.6 Å². The van der Waals surface area contributed by atoms with Gasteiger partial charge in [-0.15, -0.1) is 6.58 Å². The maximum absolute atomic E-state index is 13.6. The molecule has 1 atom stereocenters. The number of aldehydes is 1. The molecule has 0 spiro atoms. The molecule has 1 aliphatic rings. The maximum atomic E-state index is 13.6. The van der Waals surface area contributed by atoms with Gasteiger partial charge in [-0.3, -0.25) is 19.3 Å². The molecule has 1 unspecified atom stereocenters. The summed E-state index contributed by atoms with van der Waals surface area (Å²) in [6, 6.07) is 8.26. The zero-order valence-corrected chi connectivity index (χ0v) is 33.8. The molecule has 1 saturated heterocycles. The molecule has 0 bridgehead atoms. The van der Waals surface area contributed by atoms with Crippen LogP contribution in [0.2, 0.25) is 0 Å². The largest absolute Gasteiger partial charge is 0.392 e. The first kappa shape index (κ1) is 44.7. The number of benzene rings is 1. The molecule has 1 aliphatic heterocycles. The average Bonchev–Trinajstić information content (AvgIpc) is 3.57. The third-order valence-corrected chi connectivity index (χ3v) is 9.56. The van der Waals surface area contributed by atoms with E-state index in [-0.39, 0.29) is 29.8 Å². The minimum Gasteiger partial charge on any atom is -0.392 e. The Hall–Kier alpha value is -4.48. The molecule has 0 aliphatic carbocycles. The Labute approximate surface area is 318 Å². The van der Waals surface area contributed by atoms with Crippen LogP contribution in [0.1, 0.15) is 96.0 Å². The summed E-state index contributed by atoms with van der Waals surface area (Å²) in [4.78, 5) is 45.3. The van der Waals surface area contributed by atoms with Crippen molar-refractivity contribution in [1.29, 1.82) is 0 Å². The second-order valence-electron chi connectivity index (χ2n) is 14.7. The van der Waals surface area contributed by atoms with Crippen LogP contribution in [0, 0.1) is 5.41 Å². The lowest BCUT2D eigenvalue weighted by Gasteiger charge is -2.28. The molecule has 0 saturated carbocycles. The second-order valence-corrected chi connectivity index (χ2v) is 14.7. The van der Waals surface area contributed by atoms with Crippen molar-refractivity contribution in [2.75, 3.05) is 57.7 Å². The number of nitrogens with one attached hydrogen (secondary N) is 4. The highest BCUT2D eigenvalue weighted by molar-refractivity contribution is 5.99. The number of primary amides is 1. The summed E-state index contributed by atoms with van der Waals surface area (Å²) in [7, 11) is 5.79. The van der Waals surface area contributed by atoms with Crippen molar-refractivity contribution in [2.45, 2.75) is 92.7 Å². The molecule has 2 amide bonds. The summed E-state index contributed by atoms with van der Waals surface area (Å²) in [6.07, 6.45) is 12.4. The maximum Gasteiger partial charge on any atom is 0.251 e. The van der Waals surface area contributed by atoms with Crippen LogP contribution in [0.15, 0.2) is 66.0 Å². The minimum atomic E-state index is -0.236. The molecule has 53 heavy (non-hydrogen) atoms. The molecule has 11 nitrogen and oxygen atoms in total. The molecule has 1 aromatic carbocycles. The standard InChI is InChI=1S/C30H43N7O2.C12H23NO/c1-20(2)35-28-14-24(23-8-9-29(33-15-23)37-11-10-36(7)19-37)13-26(27(28)17-31-5)30(39)34-16-25(18-38)21(3)12-22(4)32-6;1-4-6-9-12(3,8-5-2)10-7-11(13)14/h8-9,12-15,18,20,31-32,35H,10-11,16-17,19H2,1-7H3,(H,34,39);4H,1,5-10H2,2-3H3,(H2,13,14)/b22-12-,25-21-;. The van der Waals surface area contributed by atoms with Gasteiger partial charge in [0, 0.05) is 85.5 Å². The Morgan fingerprint density at radius 1 is 1.09 bits per heavy atom. The predicted octanol–water partition coefficient (Wildman–Crippen LogP) is 6.39. The van der Waals surface area contributed by atoms with Gasteiger partial charge in [-0.2, -0.15) is 0 Å². The predicted molar refractivity (Wildman–Crippen MR) is 221 cm³/mol. The van der Waals surface area contributed by atoms with Gasteiger partial charge in [0.1, 0.15) is 12.1 Å². The monoisotopic (exact) mass is 731 g/mol. The molecule has 3 rings (SSSR count). The molecular formula is C42H66N8O3. The number of allylic oxidation sites excluding steroid dienone is 4. The molecule has 1 aromatic heterocycles. The number of pyridine rings is 1. The fourth-order valence-corrected chi connectivity index (χ4v) is 6.39. The van der Waals surface area contributed by atoms with E-state index in [2.05, 4.69) is 84.5 Å². The van der Waals surface area contributed by atoms with E-state index in [1.165, 1.54) is 0 Å². The van der Waals surface area contributed by atoms with Crippen LogP contribution in [0.5, 0.6) is 0 Å². The number of carbonyl (C=O) groups is 3. The fourth-order valence-electron chi connectivity index (χ4n) is 6.39. The van der Waals surface area contributed by atoms with Crippen LogP contribution in [0.3, 0.4) is 0 Å². The summed E-state index contributed by atoms with van der Waals surface area (Å²) in [6.45, 7) is 19.6. The van der Waals surface area contributed by atoms with Crippen LogP contribution in [-0.4, -0.2) is 81.5 Å². The van der Waals surface area contributed by atoms with Crippen LogP contribution in [0.25, 0.3) is 11.1 Å². The van der Waals surface area contributed by atoms with Gasteiger partial charge >= 0.3 is 0 Å². The summed E-state index contributed by atoms with van der Waals surface area (Å²) < 4.78 is 0. The fraction of sp³-hybridized carbons (Fsp3) is 0.524. The molecule has 0 radical (unpaired) electrons. The van der Waals surface area contributed by atoms with E-state index in [0.29, 0.717) is 24.1 Å². The van der Waals surface area contributed by atoms with Crippen molar-refractivity contribution in [3.8, 4) is 11.1 Å². The van der Waals surface area contributed by atoms with Crippen molar-refractivity contribution < 1.29 is 14.4 Å². The van der Waals surface area contributed by atoms with E-state index in [9.17, 15) is 14.4 Å². The van der Waals surface area contributed by atoms with E-state index < -0.39 is 0 Å². The summed E-state index contributed by atoms with van der Waals surface area (Å²) in [5, 5.41) is 12.7. The minimum absolute atomic E-state index is 0.137. The van der Waals surface area contributed by atoms with Gasteiger partial charge in [-0.05, 0) is 114 Å². The Kier molecular flexibility index (Phi) is 19.0. The first-order valence-electron chi connectivity index (χ1n) is 18.9. The number of amides is 2. The van der Waals surface area contributed by atoms with E-state index >= 15 is 0 Å². The Morgan fingerprint density at radius 2 is 1.83 bits per heavy atom. The lowest BCUT2D eigenvalue weighted by molar-refractivity contribution is -0.118. The van der Waals surface area contributed by atoms with Gasteiger partial charge in [0.05, 0.1) is 6.67 Å². The van der Waals surface area contributed by atoms with E-state index in [1.54, 1.807) is 0 Å². The quantitative estimate of drug-likeness (QED) is 0.0453. The van der Waals surface area contributed by atoms with E-state index in [0.717, 1.165) is 97.6 Å². The number of rotatable bonds is 20. The number of carbonyl (C=O) groups excluding carboxylic acids is 3. The lowest BCUT2D eigenvalue weighted by Crippen LogP contribution is -2.29. The van der Waals surface area contributed by atoms with Gasteiger partial charge in [0.2, 0.25) is 5.91 Å². The highest BCUT2D eigenvalue weighted by Gasteiger charge is 2.23. The third-order valence-electron chi connectivity index (χ3n) is 9.56. The first-order chi connectivity index (χ1) is 25.2. The van der Waals surface area contributed by atoms with Crippen LogP contribution >= 0.6 is 0 Å². The molecule has 11 heteroatoms. The number of nitrogens with zero attached hydrogens (tertiary/aromatic N) is 3. The molecule has 2 heterocycles. The zero-order valence-electron chi connectivity index (χ0n) is 33.8. The molecule has 6 N–H and O–H groups in total. The molecular weight excluding hydrogens is 665 g/mol. The smallest absolute Gasteiger partial charge is 0.251 e. The zero-order chi connectivity index (χ0) is 39.6. The Morgan fingerprint density at radius 3 is 2.36 bits per heavy atom. The second kappa shape index (κ2) is 22.6. The van der Waals surface area contributed by atoms with Crippen LogP contribution in [-0.2, 0) is 16.1 Å². The summed E-state index contributed by atoms with van der Waals surface area (Å²) >= 11 is 0. The number of hydrogen-bond acceptors (Lipinski definition) is 9. The summed E-state index contributed by atoms with van der Waals surface area (Å²) in [5.74, 6) is 0.519. The van der Waals surface area contributed by atoms with Crippen molar-refractivity contribution in [1.82, 2.24) is 25.8 Å².